The lowest BCUT2D eigenvalue weighted by Crippen LogP contribution is -2.12. The molecule has 0 aliphatic rings. The van der Waals surface area contributed by atoms with E-state index in [1.807, 2.05) is 0 Å². The Hall–Kier alpha value is -1.70. The van der Waals surface area contributed by atoms with Gasteiger partial charge in [0, 0.05) is 16.2 Å². The molecule has 0 radical (unpaired) electrons. The topological polar surface area (TPSA) is 58.6 Å². The van der Waals surface area contributed by atoms with Gasteiger partial charge in [-0.05, 0) is 35.0 Å². The fourth-order valence-electron chi connectivity index (χ4n) is 1.46. The SMILES string of the molecule is Cc1cc(=O)[nH]c(-c2nc(C(F)(F)F)ccc2Br)n1. The smallest absolute Gasteiger partial charge is 0.305 e. The number of rotatable bonds is 1. The summed E-state index contributed by atoms with van der Waals surface area (Å²) in [5.41, 5.74) is -1.16. The maximum Gasteiger partial charge on any atom is 0.433 e. The first-order valence-corrected chi connectivity index (χ1v) is 5.89. The molecule has 2 rings (SSSR count). The van der Waals surface area contributed by atoms with Crippen LogP contribution in [0, 0.1) is 6.92 Å². The molecule has 0 aliphatic carbocycles. The maximum absolute atomic E-state index is 12.6. The van der Waals surface area contributed by atoms with Crippen LogP contribution in [0.5, 0.6) is 0 Å². The van der Waals surface area contributed by atoms with Gasteiger partial charge in [0.25, 0.3) is 5.56 Å². The van der Waals surface area contributed by atoms with Gasteiger partial charge >= 0.3 is 6.18 Å². The third kappa shape index (κ3) is 3.01. The molecule has 2 aromatic rings. The van der Waals surface area contributed by atoms with Gasteiger partial charge in [-0.3, -0.25) is 4.79 Å². The molecule has 100 valence electrons. The number of hydrogen-bond donors (Lipinski definition) is 1. The molecule has 0 spiro atoms. The first kappa shape index (κ1) is 13.7. The van der Waals surface area contributed by atoms with Gasteiger partial charge in [0.1, 0.15) is 11.4 Å². The van der Waals surface area contributed by atoms with E-state index in [4.69, 9.17) is 0 Å². The van der Waals surface area contributed by atoms with E-state index < -0.39 is 17.4 Å². The number of pyridine rings is 1. The van der Waals surface area contributed by atoms with Crippen LogP contribution >= 0.6 is 15.9 Å². The molecule has 0 atom stereocenters. The van der Waals surface area contributed by atoms with Crippen LogP contribution in [0.2, 0.25) is 0 Å². The second kappa shape index (κ2) is 4.76. The minimum absolute atomic E-state index is 0.0111. The minimum atomic E-state index is -4.56. The van der Waals surface area contributed by atoms with Gasteiger partial charge < -0.3 is 4.98 Å². The number of halogens is 4. The zero-order valence-electron chi connectivity index (χ0n) is 9.55. The molecule has 8 heteroatoms. The van der Waals surface area contributed by atoms with Gasteiger partial charge in [-0.15, -0.1) is 0 Å². The summed E-state index contributed by atoms with van der Waals surface area (Å²) in [6.45, 7) is 1.57. The molecule has 2 aromatic heterocycles. The largest absolute Gasteiger partial charge is 0.433 e. The zero-order chi connectivity index (χ0) is 14.2. The van der Waals surface area contributed by atoms with Gasteiger partial charge in [-0.2, -0.15) is 13.2 Å². The van der Waals surface area contributed by atoms with Crippen molar-refractivity contribution in [1.82, 2.24) is 15.0 Å². The highest BCUT2D eigenvalue weighted by atomic mass is 79.9. The lowest BCUT2D eigenvalue weighted by atomic mass is 10.2. The van der Waals surface area contributed by atoms with Crippen LogP contribution in [0.1, 0.15) is 11.4 Å². The predicted octanol–water partition coefficient (Wildman–Crippen LogP) is 2.92. The maximum atomic E-state index is 12.6. The predicted molar refractivity (Wildman–Crippen MR) is 65.5 cm³/mol. The second-order valence-corrected chi connectivity index (χ2v) is 4.61. The monoisotopic (exact) mass is 333 g/mol. The normalized spacial score (nSPS) is 11.6. The molecule has 0 fully saturated rings. The zero-order valence-corrected chi connectivity index (χ0v) is 11.1. The Balaban J connectivity index is 2.64. The average Bonchev–Trinajstić information content (AvgIpc) is 2.26. The van der Waals surface area contributed by atoms with E-state index in [9.17, 15) is 18.0 Å². The van der Waals surface area contributed by atoms with Crippen molar-refractivity contribution in [3.05, 3.63) is 44.4 Å². The van der Waals surface area contributed by atoms with Crippen molar-refractivity contribution in [3.8, 4) is 11.5 Å². The Morgan fingerprint density at radius 2 is 1.95 bits per heavy atom. The Morgan fingerprint density at radius 1 is 1.26 bits per heavy atom. The molecule has 0 amide bonds. The molecule has 0 unspecified atom stereocenters. The summed E-state index contributed by atoms with van der Waals surface area (Å²) in [6, 6.07) is 3.31. The minimum Gasteiger partial charge on any atom is -0.305 e. The van der Waals surface area contributed by atoms with Crippen molar-refractivity contribution in [2.45, 2.75) is 13.1 Å². The molecule has 0 bridgehead atoms. The van der Waals surface area contributed by atoms with Crippen molar-refractivity contribution in [2.24, 2.45) is 0 Å². The highest BCUT2D eigenvalue weighted by Crippen LogP contribution is 2.31. The van der Waals surface area contributed by atoms with Crippen molar-refractivity contribution in [1.29, 1.82) is 0 Å². The Bertz CT molecular complexity index is 682. The van der Waals surface area contributed by atoms with Gasteiger partial charge in [0.05, 0.1) is 0 Å². The lowest BCUT2D eigenvalue weighted by molar-refractivity contribution is -0.141. The van der Waals surface area contributed by atoms with Gasteiger partial charge in [-0.1, -0.05) is 0 Å². The lowest BCUT2D eigenvalue weighted by Gasteiger charge is -2.09. The van der Waals surface area contributed by atoms with Crippen molar-refractivity contribution < 1.29 is 13.2 Å². The van der Waals surface area contributed by atoms with E-state index in [-0.39, 0.29) is 11.5 Å². The third-order valence-corrected chi connectivity index (χ3v) is 2.87. The third-order valence-electron chi connectivity index (χ3n) is 2.23. The highest BCUT2D eigenvalue weighted by Gasteiger charge is 2.33. The molecular weight excluding hydrogens is 327 g/mol. The molecule has 1 N–H and O–H groups in total. The quantitative estimate of drug-likeness (QED) is 0.872. The Labute approximate surface area is 113 Å². The summed E-state index contributed by atoms with van der Waals surface area (Å²) in [7, 11) is 0. The number of aromatic nitrogens is 3. The standard InChI is InChI=1S/C11H7BrF3N3O/c1-5-4-8(19)18-10(16-5)9-6(12)2-3-7(17-9)11(13,14)15/h2-4H,1H3,(H,16,18,19). The van der Waals surface area contributed by atoms with Crippen LogP contribution in [0.4, 0.5) is 13.2 Å². The van der Waals surface area contributed by atoms with Gasteiger partial charge in [0.15, 0.2) is 5.82 Å². The number of aryl methyl sites for hydroxylation is 1. The number of nitrogens with zero attached hydrogens (tertiary/aromatic N) is 2. The summed E-state index contributed by atoms with van der Waals surface area (Å²) in [6.07, 6.45) is -4.56. The Kier molecular flexibility index (Phi) is 3.44. The van der Waals surface area contributed by atoms with E-state index in [0.717, 1.165) is 6.07 Å². The second-order valence-electron chi connectivity index (χ2n) is 3.76. The van der Waals surface area contributed by atoms with Crippen LogP contribution in [-0.4, -0.2) is 15.0 Å². The van der Waals surface area contributed by atoms with Crippen LogP contribution in [-0.2, 0) is 6.18 Å². The van der Waals surface area contributed by atoms with Crippen molar-refractivity contribution in [2.75, 3.05) is 0 Å². The molecule has 0 saturated heterocycles. The van der Waals surface area contributed by atoms with Crippen molar-refractivity contribution >= 4 is 15.9 Å². The van der Waals surface area contributed by atoms with E-state index in [0.29, 0.717) is 10.2 Å². The molecular formula is C11H7BrF3N3O. The van der Waals surface area contributed by atoms with E-state index >= 15 is 0 Å². The van der Waals surface area contributed by atoms with E-state index in [1.165, 1.54) is 12.1 Å². The van der Waals surface area contributed by atoms with Crippen LogP contribution in [0.25, 0.3) is 11.5 Å². The van der Waals surface area contributed by atoms with E-state index in [2.05, 4.69) is 30.9 Å². The molecule has 19 heavy (non-hydrogen) atoms. The number of alkyl halides is 3. The van der Waals surface area contributed by atoms with E-state index in [1.54, 1.807) is 6.92 Å². The summed E-state index contributed by atoms with van der Waals surface area (Å²) in [5.74, 6) is -0.0111. The highest BCUT2D eigenvalue weighted by molar-refractivity contribution is 9.10. The number of hydrogen-bond acceptors (Lipinski definition) is 3. The average molecular weight is 334 g/mol. The number of nitrogens with one attached hydrogen (secondary N) is 1. The first-order valence-electron chi connectivity index (χ1n) is 5.09. The summed E-state index contributed by atoms with van der Waals surface area (Å²) < 4.78 is 38.1. The molecule has 4 nitrogen and oxygen atoms in total. The Morgan fingerprint density at radius 3 is 2.53 bits per heavy atom. The summed E-state index contributed by atoms with van der Waals surface area (Å²) in [5, 5.41) is 0. The molecule has 0 saturated carbocycles. The van der Waals surface area contributed by atoms with Crippen LogP contribution in [0.15, 0.2) is 27.5 Å². The first-order chi connectivity index (χ1) is 8.77. The molecule has 0 aliphatic heterocycles. The molecule has 0 aromatic carbocycles. The van der Waals surface area contributed by atoms with Gasteiger partial charge in [-0.25, -0.2) is 9.97 Å². The van der Waals surface area contributed by atoms with Crippen LogP contribution < -0.4 is 5.56 Å². The number of H-pyrrole nitrogens is 1. The fourth-order valence-corrected chi connectivity index (χ4v) is 1.87. The summed E-state index contributed by atoms with van der Waals surface area (Å²) in [4.78, 5) is 21.1. The molecule has 2 heterocycles. The van der Waals surface area contributed by atoms with Gasteiger partial charge in [0.2, 0.25) is 0 Å². The van der Waals surface area contributed by atoms with Crippen molar-refractivity contribution in [3.63, 3.8) is 0 Å². The fraction of sp³-hybridized carbons (Fsp3) is 0.182. The number of aromatic amines is 1. The van der Waals surface area contributed by atoms with Crippen LogP contribution in [0.3, 0.4) is 0 Å². The summed E-state index contributed by atoms with van der Waals surface area (Å²) >= 11 is 3.09.